The molecule has 8 heteroatoms. The van der Waals surface area contributed by atoms with Gasteiger partial charge in [0.25, 0.3) is 0 Å². The van der Waals surface area contributed by atoms with Crippen LogP contribution in [0.1, 0.15) is 60.3 Å². The Bertz CT molecular complexity index is 615. The first kappa shape index (κ1) is 25.9. The highest BCUT2D eigenvalue weighted by Gasteiger charge is 2.43. The van der Waals surface area contributed by atoms with Crippen molar-refractivity contribution in [2.75, 3.05) is 13.7 Å². The van der Waals surface area contributed by atoms with E-state index in [0.29, 0.717) is 12.3 Å². The Morgan fingerprint density at radius 1 is 1.30 bits per heavy atom. The Morgan fingerprint density at radius 2 is 1.93 bits per heavy atom. The quantitative estimate of drug-likeness (QED) is 0.434. The Morgan fingerprint density at radius 3 is 2.47 bits per heavy atom. The van der Waals surface area contributed by atoms with Crippen molar-refractivity contribution < 1.29 is 29.0 Å². The first-order chi connectivity index (χ1) is 13.9. The molecule has 1 unspecified atom stereocenters. The van der Waals surface area contributed by atoms with Crippen LogP contribution < -0.4 is 5.32 Å². The van der Waals surface area contributed by atoms with Gasteiger partial charge in [0.1, 0.15) is 17.7 Å². The molecule has 1 aliphatic heterocycles. The fourth-order valence-electron chi connectivity index (χ4n) is 3.77. The second kappa shape index (κ2) is 11.3. The zero-order valence-corrected chi connectivity index (χ0v) is 19.1. The molecule has 1 aliphatic rings. The second-order valence-electron chi connectivity index (χ2n) is 9.23. The van der Waals surface area contributed by atoms with Gasteiger partial charge in [-0.25, -0.2) is 9.59 Å². The van der Waals surface area contributed by atoms with Crippen LogP contribution in [0.2, 0.25) is 0 Å². The monoisotopic (exact) mass is 426 g/mol. The largest absolute Gasteiger partial charge is 0.467 e. The highest BCUT2D eigenvalue weighted by molar-refractivity contribution is 5.90. The summed E-state index contributed by atoms with van der Waals surface area (Å²) in [7, 11) is 1.25. The van der Waals surface area contributed by atoms with Crippen molar-refractivity contribution in [3.63, 3.8) is 0 Å². The summed E-state index contributed by atoms with van der Waals surface area (Å²) in [5.41, 5.74) is -0.712. The fraction of sp³-hybridized carbons (Fsp3) is 0.773. The Balaban J connectivity index is 3.05. The first-order valence-electron chi connectivity index (χ1n) is 10.6. The van der Waals surface area contributed by atoms with Gasteiger partial charge in [-0.15, -0.1) is 6.58 Å². The number of methoxy groups -OCH3 is 1. The Hall–Kier alpha value is -2.09. The van der Waals surface area contributed by atoms with Crippen molar-refractivity contribution in [1.82, 2.24) is 10.2 Å². The molecule has 1 fully saturated rings. The molecule has 0 spiro atoms. The van der Waals surface area contributed by atoms with Crippen molar-refractivity contribution in [2.24, 2.45) is 11.8 Å². The number of hydrogen-bond acceptors (Lipinski definition) is 6. The summed E-state index contributed by atoms with van der Waals surface area (Å²) >= 11 is 0. The normalized spacial score (nSPS) is 22.0. The van der Waals surface area contributed by atoms with Gasteiger partial charge < -0.3 is 24.8 Å². The maximum atomic E-state index is 13.4. The summed E-state index contributed by atoms with van der Waals surface area (Å²) in [4.78, 5) is 39.2. The lowest BCUT2D eigenvalue weighted by Gasteiger charge is -2.32. The van der Waals surface area contributed by atoms with Gasteiger partial charge in [-0.1, -0.05) is 19.9 Å². The number of nitrogens with one attached hydrogen (secondary N) is 1. The third-order valence-corrected chi connectivity index (χ3v) is 5.18. The summed E-state index contributed by atoms with van der Waals surface area (Å²) in [5.74, 6) is -0.894. The minimum atomic E-state index is -0.886. The van der Waals surface area contributed by atoms with Gasteiger partial charge in [-0.05, 0) is 51.9 Å². The molecule has 0 aromatic heterocycles. The number of likely N-dealkylation sites (tertiary alicyclic amines) is 1. The number of esters is 1. The Labute approximate surface area is 180 Å². The lowest BCUT2D eigenvalue weighted by atomic mass is 9.88. The van der Waals surface area contributed by atoms with E-state index in [1.165, 1.54) is 12.0 Å². The van der Waals surface area contributed by atoms with Gasteiger partial charge in [-0.3, -0.25) is 4.79 Å². The molecule has 0 aromatic carbocycles. The van der Waals surface area contributed by atoms with Crippen LogP contribution >= 0.6 is 0 Å². The smallest absolute Gasteiger partial charge is 0.408 e. The van der Waals surface area contributed by atoms with Gasteiger partial charge in [-0.2, -0.15) is 0 Å². The van der Waals surface area contributed by atoms with Crippen LogP contribution in [0.5, 0.6) is 0 Å². The van der Waals surface area contributed by atoms with Crippen molar-refractivity contribution in [2.45, 2.75) is 84.1 Å². The number of amides is 2. The van der Waals surface area contributed by atoms with Gasteiger partial charge in [0, 0.05) is 13.0 Å². The standard InChI is InChI=1S/C22H38N2O6/c1-8-9-10-14(2)11-15(3)18(23-21(28)30-22(4,5)6)19(26)24-13-16(25)12-17(24)20(27)29-7/h8,14-18,25H,1,9-13H2,2-7H3,(H,23,28)/t14?,15-,16-,17+,18-/m1/s1. The van der Waals surface area contributed by atoms with Crippen LogP contribution in [0.4, 0.5) is 4.79 Å². The van der Waals surface area contributed by atoms with Crippen LogP contribution in [-0.4, -0.2) is 65.4 Å². The topological polar surface area (TPSA) is 105 Å². The highest BCUT2D eigenvalue weighted by Crippen LogP contribution is 2.25. The number of β-amino-alcohol motifs (C(OH)–C–C–N with tert-alkyl or cyclic N) is 1. The minimum Gasteiger partial charge on any atom is -0.467 e. The van der Waals surface area contributed by atoms with E-state index in [1.807, 2.05) is 13.0 Å². The number of carbonyl (C=O) groups is 3. The molecule has 1 rings (SSSR count). The molecular formula is C22H38N2O6. The molecule has 0 bridgehead atoms. The van der Waals surface area contributed by atoms with Crippen molar-refractivity contribution >= 4 is 18.0 Å². The van der Waals surface area contributed by atoms with Crippen molar-refractivity contribution in [1.29, 1.82) is 0 Å². The molecule has 30 heavy (non-hydrogen) atoms. The summed E-state index contributed by atoms with van der Waals surface area (Å²) in [6, 6.07) is -1.76. The number of alkyl carbamates (subject to hydrolysis) is 1. The van der Waals surface area contributed by atoms with E-state index in [4.69, 9.17) is 9.47 Å². The molecule has 172 valence electrons. The molecule has 0 aliphatic carbocycles. The molecular weight excluding hydrogens is 388 g/mol. The fourth-order valence-corrected chi connectivity index (χ4v) is 3.77. The van der Waals surface area contributed by atoms with E-state index in [-0.39, 0.29) is 18.9 Å². The average molecular weight is 427 g/mol. The number of aliphatic hydroxyl groups is 1. The van der Waals surface area contributed by atoms with Gasteiger partial charge in [0.2, 0.25) is 5.91 Å². The van der Waals surface area contributed by atoms with Crippen LogP contribution in [0.25, 0.3) is 0 Å². The molecule has 2 amide bonds. The van der Waals surface area contributed by atoms with Crippen LogP contribution in [-0.2, 0) is 19.1 Å². The molecule has 0 radical (unpaired) electrons. The predicted octanol–water partition coefficient (Wildman–Crippen LogP) is 2.64. The van der Waals surface area contributed by atoms with E-state index in [9.17, 15) is 19.5 Å². The van der Waals surface area contributed by atoms with Gasteiger partial charge in [0.05, 0.1) is 13.2 Å². The van der Waals surface area contributed by atoms with E-state index in [0.717, 1.165) is 12.8 Å². The summed E-state index contributed by atoms with van der Waals surface area (Å²) in [5, 5.41) is 12.7. The molecule has 0 aromatic rings. The molecule has 0 saturated carbocycles. The number of allylic oxidation sites excluding steroid dienone is 1. The van der Waals surface area contributed by atoms with Crippen LogP contribution in [0, 0.1) is 11.8 Å². The van der Waals surface area contributed by atoms with Gasteiger partial charge in [0.15, 0.2) is 0 Å². The number of hydrogen-bond donors (Lipinski definition) is 2. The third kappa shape index (κ3) is 7.97. The zero-order valence-electron chi connectivity index (χ0n) is 19.1. The van der Waals surface area contributed by atoms with E-state index in [2.05, 4.69) is 18.8 Å². The number of ether oxygens (including phenoxy) is 2. The number of carbonyl (C=O) groups excluding carboxylic acids is 3. The third-order valence-electron chi connectivity index (χ3n) is 5.18. The predicted molar refractivity (Wildman–Crippen MR) is 114 cm³/mol. The molecule has 5 atom stereocenters. The SMILES string of the molecule is C=CCCC(C)C[C@@H](C)[C@@H](NC(=O)OC(C)(C)C)C(=O)N1C[C@H](O)C[C@H]1C(=O)OC. The number of rotatable bonds is 9. The van der Waals surface area contributed by atoms with Gasteiger partial charge >= 0.3 is 12.1 Å². The average Bonchev–Trinajstić information content (AvgIpc) is 3.03. The molecule has 1 saturated heterocycles. The van der Waals surface area contributed by atoms with Crippen molar-refractivity contribution in [3.8, 4) is 0 Å². The zero-order chi connectivity index (χ0) is 23.1. The van der Waals surface area contributed by atoms with Crippen LogP contribution in [0.3, 0.4) is 0 Å². The highest BCUT2D eigenvalue weighted by atomic mass is 16.6. The summed E-state index contributed by atoms with van der Waals surface area (Å²) in [6.07, 6.45) is 2.95. The summed E-state index contributed by atoms with van der Waals surface area (Å²) < 4.78 is 10.1. The van der Waals surface area contributed by atoms with E-state index >= 15 is 0 Å². The molecule has 1 heterocycles. The van der Waals surface area contributed by atoms with E-state index < -0.39 is 41.8 Å². The molecule has 8 nitrogen and oxygen atoms in total. The number of nitrogens with zero attached hydrogens (tertiary/aromatic N) is 1. The molecule has 2 N–H and O–H groups in total. The lowest BCUT2D eigenvalue weighted by Crippen LogP contribution is -2.55. The van der Waals surface area contributed by atoms with E-state index in [1.54, 1.807) is 20.8 Å². The first-order valence-corrected chi connectivity index (χ1v) is 10.6. The van der Waals surface area contributed by atoms with Crippen molar-refractivity contribution in [3.05, 3.63) is 12.7 Å². The lowest BCUT2D eigenvalue weighted by molar-refractivity contribution is -0.152. The summed E-state index contributed by atoms with van der Waals surface area (Å²) in [6.45, 7) is 13.0. The minimum absolute atomic E-state index is 0.0177. The maximum Gasteiger partial charge on any atom is 0.408 e. The number of aliphatic hydroxyl groups excluding tert-OH is 1. The maximum absolute atomic E-state index is 13.4. The Kier molecular flexibility index (Phi) is 9.81. The van der Waals surface area contributed by atoms with Crippen LogP contribution in [0.15, 0.2) is 12.7 Å². The second-order valence-corrected chi connectivity index (χ2v) is 9.23.